The van der Waals surface area contributed by atoms with Gasteiger partial charge >= 0.3 is 0 Å². The van der Waals surface area contributed by atoms with Gasteiger partial charge in [-0.25, -0.2) is 13.2 Å². The number of rotatable bonds is 5. The van der Waals surface area contributed by atoms with Crippen LogP contribution in [0.1, 0.15) is 18.1 Å². The molecule has 0 saturated carbocycles. The van der Waals surface area contributed by atoms with Gasteiger partial charge in [-0.1, -0.05) is 30.3 Å². The van der Waals surface area contributed by atoms with Crippen molar-refractivity contribution in [2.45, 2.75) is 19.1 Å². The Kier molecular flexibility index (Phi) is 4.65. The summed E-state index contributed by atoms with van der Waals surface area (Å²) in [5.41, 5.74) is -0.419. The first kappa shape index (κ1) is 15.5. The van der Waals surface area contributed by atoms with Crippen LogP contribution in [0.2, 0.25) is 0 Å². The Balaban J connectivity index is 2.00. The minimum Gasteiger partial charge on any atom is -0.384 e. The highest BCUT2D eigenvalue weighted by molar-refractivity contribution is 5.22. The molecule has 2 nitrogen and oxygen atoms in total. The fraction of sp³-hybridized carbons (Fsp3) is 0.250. The van der Waals surface area contributed by atoms with Gasteiger partial charge in [-0.15, -0.1) is 0 Å². The standard InChI is InChI=1S/C16H16F3NO/c1-16(21,12-5-3-2-4-6-12)10-20-9-11-7-14(18)15(19)8-13(11)17/h2-8,20-21H,9-10H2,1H3. The lowest BCUT2D eigenvalue weighted by Crippen LogP contribution is -2.35. The highest BCUT2D eigenvalue weighted by Gasteiger charge is 2.22. The molecule has 2 rings (SSSR count). The molecule has 2 N–H and O–H groups in total. The second-order valence-corrected chi connectivity index (χ2v) is 5.10. The van der Waals surface area contributed by atoms with E-state index < -0.39 is 23.1 Å². The molecule has 0 radical (unpaired) electrons. The number of nitrogens with one attached hydrogen (secondary N) is 1. The lowest BCUT2D eigenvalue weighted by atomic mass is 9.96. The molecule has 0 bridgehead atoms. The number of aliphatic hydroxyl groups is 1. The normalized spacial score (nSPS) is 14.0. The molecule has 0 heterocycles. The van der Waals surface area contributed by atoms with Crippen LogP contribution in [0, 0.1) is 17.5 Å². The quantitative estimate of drug-likeness (QED) is 0.831. The SMILES string of the molecule is CC(O)(CNCc1cc(F)c(F)cc1F)c1ccccc1. The van der Waals surface area contributed by atoms with Crippen LogP contribution in [0.3, 0.4) is 0 Å². The first-order chi connectivity index (χ1) is 9.90. The second kappa shape index (κ2) is 6.28. The van der Waals surface area contributed by atoms with Gasteiger partial charge in [0.2, 0.25) is 0 Å². The van der Waals surface area contributed by atoms with Crippen LogP contribution in [0.15, 0.2) is 42.5 Å². The number of halogens is 3. The van der Waals surface area contributed by atoms with Crippen molar-refractivity contribution in [3.05, 3.63) is 71.0 Å². The van der Waals surface area contributed by atoms with Crippen molar-refractivity contribution in [2.75, 3.05) is 6.54 Å². The van der Waals surface area contributed by atoms with Crippen LogP contribution < -0.4 is 5.32 Å². The zero-order chi connectivity index (χ0) is 15.5. The molecule has 1 atom stereocenters. The van der Waals surface area contributed by atoms with Crippen LogP contribution in [-0.2, 0) is 12.1 Å². The van der Waals surface area contributed by atoms with E-state index in [1.54, 1.807) is 31.2 Å². The molecule has 5 heteroatoms. The Morgan fingerprint density at radius 2 is 1.62 bits per heavy atom. The summed E-state index contributed by atoms with van der Waals surface area (Å²) in [7, 11) is 0. The molecule has 0 aromatic heterocycles. The van der Waals surface area contributed by atoms with Gasteiger partial charge in [0.25, 0.3) is 0 Å². The van der Waals surface area contributed by atoms with Crippen molar-refractivity contribution < 1.29 is 18.3 Å². The van der Waals surface area contributed by atoms with E-state index in [0.717, 1.165) is 6.07 Å². The molecule has 0 aliphatic carbocycles. The first-order valence-electron chi connectivity index (χ1n) is 6.52. The van der Waals surface area contributed by atoms with Gasteiger partial charge in [0.15, 0.2) is 11.6 Å². The molecule has 1 unspecified atom stereocenters. The monoisotopic (exact) mass is 295 g/mol. The summed E-state index contributed by atoms with van der Waals surface area (Å²) in [6.45, 7) is 1.76. The largest absolute Gasteiger partial charge is 0.384 e. The maximum Gasteiger partial charge on any atom is 0.161 e. The molecule has 0 aliphatic heterocycles. The molecule has 2 aromatic rings. The third-order valence-electron chi connectivity index (χ3n) is 3.27. The lowest BCUT2D eigenvalue weighted by molar-refractivity contribution is 0.0566. The smallest absolute Gasteiger partial charge is 0.161 e. The van der Waals surface area contributed by atoms with Crippen LogP contribution in [0.5, 0.6) is 0 Å². The summed E-state index contributed by atoms with van der Waals surface area (Å²) < 4.78 is 39.3. The first-order valence-corrected chi connectivity index (χ1v) is 6.52. The van der Waals surface area contributed by atoms with E-state index in [1.165, 1.54) is 0 Å². The summed E-state index contributed by atoms with van der Waals surface area (Å²) in [4.78, 5) is 0. The zero-order valence-corrected chi connectivity index (χ0v) is 11.5. The number of hydrogen-bond acceptors (Lipinski definition) is 2. The van der Waals surface area contributed by atoms with E-state index in [9.17, 15) is 18.3 Å². The molecule has 112 valence electrons. The van der Waals surface area contributed by atoms with E-state index >= 15 is 0 Å². The van der Waals surface area contributed by atoms with Gasteiger partial charge in [-0.3, -0.25) is 0 Å². The van der Waals surface area contributed by atoms with Gasteiger partial charge in [0.05, 0.1) is 5.60 Å². The van der Waals surface area contributed by atoms with Crippen molar-refractivity contribution in [3.63, 3.8) is 0 Å². The van der Waals surface area contributed by atoms with Crippen molar-refractivity contribution >= 4 is 0 Å². The number of benzene rings is 2. The number of hydrogen-bond donors (Lipinski definition) is 2. The second-order valence-electron chi connectivity index (χ2n) is 5.10. The Morgan fingerprint density at radius 3 is 2.29 bits per heavy atom. The minimum atomic E-state index is -1.22. The summed E-state index contributed by atoms with van der Waals surface area (Å²) in [5, 5.41) is 13.2. The Hall–Kier alpha value is -1.85. The summed E-state index contributed by atoms with van der Waals surface area (Å²) in [6.07, 6.45) is 0. The van der Waals surface area contributed by atoms with E-state index in [4.69, 9.17) is 0 Å². The summed E-state index contributed by atoms with van der Waals surface area (Å²) in [5.74, 6) is -3.13. The van der Waals surface area contributed by atoms with E-state index in [-0.39, 0.29) is 18.7 Å². The molecular weight excluding hydrogens is 279 g/mol. The van der Waals surface area contributed by atoms with Gasteiger partial charge in [-0.05, 0) is 18.6 Å². The topological polar surface area (TPSA) is 32.3 Å². The molecular formula is C16H16F3NO. The van der Waals surface area contributed by atoms with Gasteiger partial charge < -0.3 is 10.4 Å². The Bertz CT molecular complexity index is 614. The molecule has 2 aromatic carbocycles. The van der Waals surface area contributed by atoms with Crippen LogP contribution >= 0.6 is 0 Å². The van der Waals surface area contributed by atoms with Crippen molar-refractivity contribution in [1.82, 2.24) is 5.32 Å². The molecule has 0 fully saturated rings. The van der Waals surface area contributed by atoms with Crippen molar-refractivity contribution in [3.8, 4) is 0 Å². The lowest BCUT2D eigenvalue weighted by Gasteiger charge is -2.24. The third kappa shape index (κ3) is 3.83. The molecule has 0 spiro atoms. The fourth-order valence-electron chi connectivity index (χ4n) is 2.04. The zero-order valence-electron chi connectivity index (χ0n) is 11.5. The minimum absolute atomic E-state index is 0.00792. The van der Waals surface area contributed by atoms with Crippen molar-refractivity contribution in [1.29, 1.82) is 0 Å². The molecule has 0 amide bonds. The predicted molar refractivity (Wildman–Crippen MR) is 74.0 cm³/mol. The highest BCUT2D eigenvalue weighted by Crippen LogP contribution is 2.19. The van der Waals surface area contributed by atoms with Crippen LogP contribution in [-0.4, -0.2) is 11.7 Å². The van der Waals surface area contributed by atoms with E-state index in [0.29, 0.717) is 11.6 Å². The average Bonchev–Trinajstić information content (AvgIpc) is 2.45. The third-order valence-corrected chi connectivity index (χ3v) is 3.27. The van der Waals surface area contributed by atoms with E-state index in [1.807, 2.05) is 6.07 Å². The molecule has 0 saturated heterocycles. The summed E-state index contributed by atoms with van der Waals surface area (Å²) >= 11 is 0. The maximum atomic E-state index is 13.5. The summed E-state index contributed by atoms with van der Waals surface area (Å²) in [6, 6.07) is 10.3. The molecule has 21 heavy (non-hydrogen) atoms. The highest BCUT2D eigenvalue weighted by atomic mass is 19.2. The fourth-order valence-corrected chi connectivity index (χ4v) is 2.04. The van der Waals surface area contributed by atoms with Gasteiger partial charge in [0.1, 0.15) is 5.82 Å². The van der Waals surface area contributed by atoms with Gasteiger partial charge in [-0.2, -0.15) is 0 Å². The molecule has 0 aliphatic rings. The van der Waals surface area contributed by atoms with Crippen LogP contribution in [0.4, 0.5) is 13.2 Å². The Morgan fingerprint density at radius 1 is 1.00 bits per heavy atom. The van der Waals surface area contributed by atoms with Crippen LogP contribution in [0.25, 0.3) is 0 Å². The van der Waals surface area contributed by atoms with Crippen molar-refractivity contribution in [2.24, 2.45) is 0 Å². The average molecular weight is 295 g/mol. The van der Waals surface area contributed by atoms with E-state index in [2.05, 4.69) is 5.32 Å². The predicted octanol–water partition coefficient (Wildman–Crippen LogP) is 3.10. The van der Waals surface area contributed by atoms with Gasteiger partial charge in [0, 0.05) is 24.7 Å². The maximum absolute atomic E-state index is 13.5. The Labute approximate surface area is 121 Å².